The van der Waals surface area contributed by atoms with Gasteiger partial charge in [0.25, 0.3) is 0 Å². The van der Waals surface area contributed by atoms with Crippen molar-refractivity contribution in [1.29, 1.82) is 0 Å². The number of rotatable bonds is 2. The maximum atomic E-state index is 12.3. The molecule has 3 heterocycles. The summed E-state index contributed by atoms with van der Waals surface area (Å²) < 4.78 is 0. The summed E-state index contributed by atoms with van der Waals surface area (Å²) in [6, 6.07) is 0. The van der Waals surface area contributed by atoms with Crippen LogP contribution in [0, 0.1) is 11.8 Å². The minimum atomic E-state index is 0.292. The van der Waals surface area contributed by atoms with Gasteiger partial charge in [0.1, 0.15) is 5.52 Å². The van der Waals surface area contributed by atoms with Crippen LogP contribution in [-0.2, 0) is 4.79 Å². The highest BCUT2D eigenvalue weighted by molar-refractivity contribution is 5.81. The Balaban J connectivity index is 1.46. The molecule has 6 heteroatoms. The Kier molecular flexibility index (Phi) is 2.90. The van der Waals surface area contributed by atoms with Gasteiger partial charge in [0.15, 0.2) is 5.65 Å². The van der Waals surface area contributed by atoms with Gasteiger partial charge in [-0.3, -0.25) is 9.89 Å². The molecule has 2 aromatic rings. The second-order valence-corrected chi connectivity index (χ2v) is 6.28. The van der Waals surface area contributed by atoms with Crippen molar-refractivity contribution >= 4 is 17.1 Å². The van der Waals surface area contributed by atoms with Crippen LogP contribution >= 0.6 is 0 Å². The molecule has 1 saturated carbocycles. The monoisotopic (exact) mass is 285 g/mol. The number of carbonyl (C=O) groups excluding carboxylic acids is 1. The number of hydrogen-bond acceptors (Lipinski definition) is 4. The fourth-order valence-corrected chi connectivity index (χ4v) is 3.34. The first-order valence-corrected chi connectivity index (χ1v) is 7.68. The Labute approximate surface area is 123 Å². The van der Waals surface area contributed by atoms with E-state index in [-0.39, 0.29) is 0 Å². The summed E-state index contributed by atoms with van der Waals surface area (Å²) in [6.07, 6.45) is 6.38. The number of hydrogen-bond donors (Lipinski definition) is 1. The predicted molar refractivity (Wildman–Crippen MR) is 77.5 cm³/mol. The maximum Gasteiger partial charge on any atom is 0.225 e. The highest BCUT2D eigenvalue weighted by atomic mass is 16.2. The Bertz CT molecular complexity index is 674. The van der Waals surface area contributed by atoms with Gasteiger partial charge in [0.2, 0.25) is 5.91 Å². The quantitative estimate of drug-likeness (QED) is 0.911. The minimum absolute atomic E-state index is 0.292. The number of carbonyl (C=O) groups is 1. The molecule has 0 unspecified atom stereocenters. The van der Waals surface area contributed by atoms with Gasteiger partial charge in [-0.2, -0.15) is 5.10 Å². The van der Waals surface area contributed by atoms with Crippen LogP contribution in [0.2, 0.25) is 0 Å². The van der Waals surface area contributed by atoms with E-state index in [0.717, 1.165) is 43.6 Å². The second kappa shape index (κ2) is 4.79. The van der Waals surface area contributed by atoms with Gasteiger partial charge < -0.3 is 4.90 Å². The molecule has 2 aliphatic rings. The second-order valence-electron chi connectivity index (χ2n) is 6.28. The standard InChI is InChI=1S/C15H19N5O/c1-9-8-11(9)15(21)20-6-2-10(3-7-20)12-13-14(19-18-12)17-5-4-16-13/h4-5,9-11H,2-3,6-8H2,1H3,(H,17,18,19)/t9-,11-/m0/s1. The Morgan fingerprint density at radius 3 is 2.71 bits per heavy atom. The summed E-state index contributed by atoms with van der Waals surface area (Å²) in [5.41, 5.74) is 2.63. The summed E-state index contributed by atoms with van der Waals surface area (Å²) in [7, 11) is 0. The van der Waals surface area contributed by atoms with Gasteiger partial charge in [-0.05, 0) is 25.2 Å². The molecule has 2 fully saturated rings. The number of H-pyrrole nitrogens is 1. The number of nitrogens with one attached hydrogen (secondary N) is 1. The molecule has 1 aliphatic heterocycles. The lowest BCUT2D eigenvalue weighted by molar-refractivity contribution is -0.133. The zero-order valence-corrected chi connectivity index (χ0v) is 12.1. The van der Waals surface area contributed by atoms with Crippen molar-refractivity contribution < 1.29 is 4.79 Å². The lowest BCUT2D eigenvalue weighted by atomic mass is 9.93. The fourth-order valence-electron chi connectivity index (χ4n) is 3.34. The molecule has 0 bridgehead atoms. The average molecular weight is 285 g/mol. The van der Waals surface area contributed by atoms with Crippen molar-refractivity contribution in [2.24, 2.45) is 11.8 Å². The number of fused-ring (bicyclic) bond motifs is 1. The molecular formula is C15H19N5O. The third-order valence-corrected chi connectivity index (χ3v) is 4.86. The molecule has 4 rings (SSSR count). The smallest absolute Gasteiger partial charge is 0.225 e. The van der Waals surface area contributed by atoms with Crippen molar-refractivity contribution in [3.63, 3.8) is 0 Å². The van der Waals surface area contributed by atoms with E-state index in [0.29, 0.717) is 29.3 Å². The third kappa shape index (κ3) is 2.18. The van der Waals surface area contributed by atoms with Crippen molar-refractivity contribution in [1.82, 2.24) is 25.1 Å². The number of piperidine rings is 1. The number of aromatic nitrogens is 4. The van der Waals surface area contributed by atoms with Gasteiger partial charge in [0, 0.05) is 37.3 Å². The van der Waals surface area contributed by atoms with E-state index in [1.54, 1.807) is 12.4 Å². The molecule has 1 aliphatic carbocycles. The van der Waals surface area contributed by atoms with Gasteiger partial charge >= 0.3 is 0 Å². The minimum Gasteiger partial charge on any atom is -0.342 e. The lowest BCUT2D eigenvalue weighted by Gasteiger charge is -2.31. The SMILES string of the molecule is C[C@H]1C[C@@H]1C(=O)N1CCC(c2[nH]nc3nccnc23)CC1. The van der Waals surface area contributed by atoms with Crippen molar-refractivity contribution in [3.05, 3.63) is 18.1 Å². The van der Waals surface area contributed by atoms with Crippen LogP contribution in [0.5, 0.6) is 0 Å². The van der Waals surface area contributed by atoms with Crippen LogP contribution < -0.4 is 0 Å². The molecule has 0 aromatic carbocycles. The number of likely N-dealkylation sites (tertiary alicyclic amines) is 1. The summed E-state index contributed by atoms with van der Waals surface area (Å²) in [6.45, 7) is 3.84. The summed E-state index contributed by atoms with van der Waals surface area (Å²) in [5, 5.41) is 7.31. The van der Waals surface area contributed by atoms with Crippen LogP contribution in [0.15, 0.2) is 12.4 Å². The molecule has 2 atom stereocenters. The highest BCUT2D eigenvalue weighted by Gasteiger charge is 2.42. The molecule has 1 saturated heterocycles. The molecule has 21 heavy (non-hydrogen) atoms. The van der Waals surface area contributed by atoms with E-state index >= 15 is 0 Å². The topological polar surface area (TPSA) is 74.8 Å². The first-order chi connectivity index (χ1) is 10.2. The van der Waals surface area contributed by atoms with Gasteiger partial charge in [0.05, 0.1) is 5.69 Å². The molecule has 6 nitrogen and oxygen atoms in total. The van der Waals surface area contributed by atoms with Crippen molar-refractivity contribution in [2.45, 2.75) is 32.1 Å². The Hall–Kier alpha value is -1.98. The van der Waals surface area contributed by atoms with Crippen LogP contribution in [0.25, 0.3) is 11.2 Å². The zero-order chi connectivity index (χ0) is 14.4. The zero-order valence-electron chi connectivity index (χ0n) is 12.1. The Morgan fingerprint density at radius 2 is 2.00 bits per heavy atom. The van der Waals surface area contributed by atoms with Crippen LogP contribution in [0.3, 0.4) is 0 Å². The summed E-state index contributed by atoms with van der Waals surface area (Å²) in [4.78, 5) is 22.9. The molecule has 2 aromatic heterocycles. The largest absolute Gasteiger partial charge is 0.342 e. The average Bonchev–Trinajstić information content (AvgIpc) is 3.10. The maximum absolute atomic E-state index is 12.3. The summed E-state index contributed by atoms with van der Waals surface area (Å²) in [5.74, 6) is 1.63. The molecular weight excluding hydrogens is 266 g/mol. The molecule has 0 spiro atoms. The van der Waals surface area contributed by atoms with Crippen LogP contribution in [0.4, 0.5) is 0 Å². The van der Waals surface area contributed by atoms with E-state index < -0.39 is 0 Å². The van der Waals surface area contributed by atoms with Gasteiger partial charge in [-0.25, -0.2) is 9.97 Å². The molecule has 110 valence electrons. The highest BCUT2D eigenvalue weighted by Crippen LogP contribution is 2.40. The number of amides is 1. The van der Waals surface area contributed by atoms with Crippen molar-refractivity contribution in [3.8, 4) is 0 Å². The molecule has 1 N–H and O–H groups in total. The first-order valence-electron chi connectivity index (χ1n) is 7.68. The summed E-state index contributed by atoms with van der Waals surface area (Å²) >= 11 is 0. The first kappa shape index (κ1) is 12.7. The normalized spacial score (nSPS) is 26.2. The Morgan fingerprint density at radius 1 is 1.29 bits per heavy atom. The fraction of sp³-hybridized carbons (Fsp3) is 0.600. The van der Waals surface area contributed by atoms with Crippen molar-refractivity contribution in [2.75, 3.05) is 13.1 Å². The molecule has 1 amide bonds. The van der Waals surface area contributed by atoms with E-state index in [9.17, 15) is 4.79 Å². The number of nitrogens with zero attached hydrogens (tertiary/aromatic N) is 4. The van der Waals surface area contributed by atoms with Crippen LogP contribution in [-0.4, -0.2) is 44.1 Å². The van der Waals surface area contributed by atoms with Crippen LogP contribution in [0.1, 0.15) is 37.8 Å². The van der Waals surface area contributed by atoms with E-state index in [2.05, 4.69) is 27.1 Å². The molecule has 0 radical (unpaired) electrons. The predicted octanol–water partition coefficient (Wildman–Crippen LogP) is 1.71. The third-order valence-electron chi connectivity index (χ3n) is 4.86. The van der Waals surface area contributed by atoms with Gasteiger partial charge in [-0.1, -0.05) is 6.92 Å². The lowest BCUT2D eigenvalue weighted by Crippen LogP contribution is -2.39. The van der Waals surface area contributed by atoms with E-state index in [4.69, 9.17) is 0 Å². The number of aromatic amines is 1. The van der Waals surface area contributed by atoms with Gasteiger partial charge in [-0.15, -0.1) is 0 Å². The van der Waals surface area contributed by atoms with E-state index in [1.807, 2.05) is 4.90 Å². The van der Waals surface area contributed by atoms with E-state index in [1.165, 1.54) is 0 Å².